The summed E-state index contributed by atoms with van der Waals surface area (Å²) in [4.78, 5) is 10.9. The SMILES string of the molecule is CCOP(=O)(OCC)O[C@H]1C[C@@H](OC(C)=O)[C@H](O)[C@@H]1O. The van der Waals surface area contributed by atoms with Crippen LogP contribution in [0.3, 0.4) is 0 Å². The number of aliphatic hydroxyl groups is 2. The lowest BCUT2D eigenvalue weighted by molar-refractivity contribution is -0.152. The first-order chi connectivity index (χ1) is 9.33. The topological polar surface area (TPSA) is 112 Å². The number of phosphoric acid groups is 1. The summed E-state index contributed by atoms with van der Waals surface area (Å²) in [5.74, 6) is -0.584. The molecule has 20 heavy (non-hydrogen) atoms. The van der Waals surface area contributed by atoms with Crippen molar-refractivity contribution in [3.63, 3.8) is 0 Å². The van der Waals surface area contributed by atoms with Crippen molar-refractivity contribution in [1.82, 2.24) is 0 Å². The second-order valence-corrected chi connectivity index (χ2v) is 5.91. The summed E-state index contributed by atoms with van der Waals surface area (Å²) < 4.78 is 32.1. The van der Waals surface area contributed by atoms with E-state index in [9.17, 15) is 19.6 Å². The molecule has 0 spiro atoms. The van der Waals surface area contributed by atoms with E-state index < -0.39 is 38.2 Å². The summed E-state index contributed by atoms with van der Waals surface area (Å²) in [7, 11) is -3.80. The summed E-state index contributed by atoms with van der Waals surface area (Å²) in [6, 6.07) is 0. The van der Waals surface area contributed by atoms with Gasteiger partial charge in [0.2, 0.25) is 0 Å². The Bertz CT molecular complexity index is 363. The van der Waals surface area contributed by atoms with E-state index in [4.69, 9.17) is 18.3 Å². The van der Waals surface area contributed by atoms with Crippen molar-refractivity contribution in [2.75, 3.05) is 13.2 Å². The Morgan fingerprint density at radius 2 is 1.65 bits per heavy atom. The molecule has 1 aliphatic rings. The average molecular weight is 312 g/mol. The van der Waals surface area contributed by atoms with Gasteiger partial charge in [-0.1, -0.05) is 0 Å². The van der Waals surface area contributed by atoms with Gasteiger partial charge in [0.1, 0.15) is 24.4 Å². The maximum Gasteiger partial charge on any atom is 0.475 e. The van der Waals surface area contributed by atoms with Gasteiger partial charge in [0.25, 0.3) is 0 Å². The van der Waals surface area contributed by atoms with E-state index >= 15 is 0 Å². The Hall–Kier alpha value is -0.500. The molecule has 0 aliphatic heterocycles. The molecule has 2 N–H and O–H groups in total. The third kappa shape index (κ3) is 4.51. The quantitative estimate of drug-likeness (QED) is 0.519. The Labute approximate surface area is 117 Å². The van der Waals surface area contributed by atoms with Crippen LogP contribution in [0.25, 0.3) is 0 Å². The normalized spacial score (nSPS) is 30.4. The van der Waals surface area contributed by atoms with Gasteiger partial charge < -0.3 is 14.9 Å². The van der Waals surface area contributed by atoms with Crippen molar-refractivity contribution in [3.8, 4) is 0 Å². The molecule has 0 heterocycles. The molecule has 0 amide bonds. The second kappa shape index (κ2) is 7.49. The van der Waals surface area contributed by atoms with Crippen molar-refractivity contribution in [2.24, 2.45) is 0 Å². The van der Waals surface area contributed by atoms with Gasteiger partial charge in [-0.15, -0.1) is 0 Å². The van der Waals surface area contributed by atoms with E-state index in [0.29, 0.717) is 0 Å². The van der Waals surface area contributed by atoms with Gasteiger partial charge in [0.15, 0.2) is 0 Å². The first-order valence-electron chi connectivity index (χ1n) is 6.43. The predicted octanol–water partition coefficient (Wildman–Crippen LogP) is 0.610. The lowest BCUT2D eigenvalue weighted by atomic mass is 10.2. The van der Waals surface area contributed by atoms with Crippen LogP contribution in [0.5, 0.6) is 0 Å². The zero-order valence-corrected chi connectivity index (χ0v) is 12.6. The summed E-state index contributed by atoms with van der Waals surface area (Å²) in [5.41, 5.74) is 0. The molecule has 0 bridgehead atoms. The number of aliphatic hydroxyl groups excluding tert-OH is 2. The van der Waals surface area contributed by atoms with E-state index in [1.165, 1.54) is 6.92 Å². The van der Waals surface area contributed by atoms with E-state index in [2.05, 4.69) is 0 Å². The highest BCUT2D eigenvalue weighted by molar-refractivity contribution is 7.48. The number of rotatable bonds is 7. The Morgan fingerprint density at radius 1 is 1.15 bits per heavy atom. The number of esters is 1. The molecular weight excluding hydrogens is 291 g/mol. The highest BCUT2D eigenvalue weighted by Crippen LogP contribution is 2.52. The average Bonchev–Trinajstić information content (AvgIpc) is 2.57. The summed E-state index contributed by atoms with van der Waals surface area (Å²) in [6.45, 7) is 4.65. The van der Waals surface area contributed by atoms with Crippen LogP contribution in [0, 0.1) is 0 Å². The minimum absolute atomic E-state index is 0.00600. The van der Waals surface area contributed by atoms with E-state index in [1.54, 1.807) is 13.8 Å². The van der Waals surface area contributed by atoms with Crippen molar-refractivity contribution in [2.45, 2.75) is 51.6 Å². The molecule has 0 radical (unpaired) electrons. The molecule has 0 aromatic heterocycles. The van der Waals surface area contributed by atoms with Crippen molar-refractivity contribution in [3.05, 3.63) is 0 Å². The standard InChI is InChI=1S/C11H21O8P/c1-4-16-20(15,17-5-2)19-9-6-8(18-7(3)12)10(13)11(9)14/h8-11,13-14H,4-6H2,1-3H3/t8-,9+,10+,11-/m1/s1. The zero-order valence-electron chi connectivity index (χ0n) is 11.7. The molecule has 1 rings (SSSR count). The zero-order chi connectivity index (χ0) is 15.3. The fourth-order valence-corrected chi connectivity index (χ4v) is 3.34. The molecule has 1 aliphatic carbocycles. The van der Waals surface area contributed by atoms with Crippen LogP contribution in [0.4, 0.5) is 0 Å². The van der Waals surface area contributed by atoms with Gasteiger partial charge in [-0.3, -0.25) is 18.4 Å². The monoisotopic (exact) mass is 312 g/mol. The fraction of sp³-hybridized carbons (Fsp3) is 0.909. The van der Waals surface area contributed by atoms with Crippen LogP contribution in [0.2, 0.25) is 0 Å². The first-order valence-corrected chi connectivity index (χ1v) is 7.90. The molecule has 0 aromatic carbocycles. The van der Waals surface area contributed by atoms with Gasteiger partial charge in [0.05, 0.1) is 13.2 Å². The van der Waals surface area contributed by atoms with Crippen LogP contribution in [0.1, 0.15) is 27.2 Å². The molecule has 0 saturated heterocycles. The molecule has 0 unspecified atom stereocenters. The smallest absolute Gasteiger partial charge is 0.460 e. The second-order valence-electron chi connectivity index (χ2n) is 4.29. The highest BCUT2D eigenvalue weighted by Gasteiger charge is 2.47. The fourth-order valence-electron chi connectivity index (χ4n) is 1.96. The number of carbonyl (C=O) groups excluding carboxylic acids is 1. The molecule has 9 heteroatoms. The number of carbonyl (C=O) groups is 1. The molecule has 1 fully saturated rings. The number of hydrogen-bond donors (Lipinski definition) is 2. The van der Waals surface area contributed by atoms with Gasteiger partial charge in [-0.25, -0.2) is 4.57 Å². The van der Waals surface area contributed by atoms with Crippen LogP contribution < -0.4 is 0 Å². The minimum atomic E-state index is -3.80. The number of hydrogen-bond acceptors (Lipinski definition) is 8. The van der Waals surface area contributed by atoms with Gasteiger partial charge in [-0.2, -0.15) is 0 Å². The maximum absolute atomic E-state index is 12.2. The third-order valence-corrected chi connectivity index (χ3v) is 4.41. The van der Waals surface area contributed by atoms with E-state index in [-0.39, 0.29) is 19.6 Å². The number of phosphoric ester groups is 1. The van der Waals surface area contributed by atoms with Crippen molar-refractivity contribution in [1.29, 1.82) is 0 Å². The molecule has 118 valence electrons. The number of ether oxygens (including phenoxy) is 1. The first kappa shape index (κ1) is 17.6. The van der Waals surface area contributed by atoms with Crippen LogP contribution in [0.15, 0.2) is 0 Å². The molecule has 1 saturated carbocycles. The summed E-state index contributed by atoms with van der Waals surface area (Å²) in [5, 5.41) is 19.6. The highest BCUT2D eigenvalue weighted by atomic mass is 31.2. The molecule has 8 nitrogen and oxygen atoms in total. The van der Waals surface area contributed by atoms with E-state index in [0.717, 1.165) is 0 Å². The Balaban J connectivity index is 2.71. The molecule has 4 atom stereocenters. The van der Waals surface area contributed by atoms with E-state index in [1.807, 2.05) is 0 Å². The molecular formula is C11H21O8P. The van der Waals surface area contributed by atoms with Crippen molar-refractivity contribution < 1.29 is 37.9 Å². The predicted molar refractivity (Wildman–Crippen MR) is 67.9 cm³/mol. The van der Waals surface area contributed by atoms with Gasteiger partial charge >= 0.3 is 13.8 Å². The summed E-state index contributed by atoms with van der Waals surface area (Å²) >= 11 is 0. The van der Waals surface area contributed by atoms with Gasteiger partial charge in [0, 0.05) is 13.3 Å². The van der Waals surface area contributed by atoms with Crippen LogP contribution in [-0.2, 0) is 27.7 Å². The van der Waals surface area contributed by atoms with Crippen LogP contribution >= 0.6 is 7.82 Å². The van der Waals surface area contributed by atoms with Gasteiger partial charge in [-0.05, 0) is 13.8 Å². The lowest BCUT2D eigenvalue weighted by Crippen LogP contribution is -2.34. The maximum atomic E-state index is 12.2. The Morgan fingerprint density at radius 3 is 2.10 bits per heavy atom. The van der Waals surface area contributed by atoms with Crippen LogP contribution in [-0.4, -0.2) is 53.8 Å². The molecule has 0 aromatic rings. The Kier molecular flexibility index (Phi) is 6.57. The van der Waals surface area contributed by atoms with Crippen molar-refractivity contribution >= 4 is 13.8 Å². The third-order valence-electron chi connectivity index (χ3n) is 2.73. The summed E-state index contributed by atoms with van der Waals surface area (Å²) in [6.07, 6.45) is -4.55. The lowest BCUT2D eigenvalue weighted by Gasteiger charge is -2.22. The largest absolute Gasteiger partial charge is 0.475 e. The minimum Gasteiger partial charge on any atom is -0.460 e.